The summed E-state index contributed by atoms with van der Waals surface area (Å²) < 4.78 is 14.5. The van der Waals surface area contributed by atoms with Crippen LogP contribution < -0.4 is 20.3 Å². The molecule has 0 aromatic heterocycles. The predicted octanol–water partition coefficient (Wildman–Crippen LogP) is 6.73. The number of hydrogen-bond acceptors (Lipinski definition) is 7. The minimum atomic E-state index is -2.86. The van der Waals surface area contributed by atoms with Gasteiger partial charge in [0.15, 0.2) is 0 Å². The molecule has 0 atom stereocenters. The Hall–Kier alpha value is 1.40. The van der Waals surface area contributed by atoms with Crippen LogP contribution in [0.4, 0.5) is 0 Å². The summed E-state index contributed by atoms with van der Waals surface area (Å²) in [6.45, 7) is 16.5. The van der Waals surface area contributed by atoms with E-state index in [2.05, 4.69) is 84.8 Å². The molecule has 4 N–H and O–H groups in total. The molecule has 0 aromatic carbocycles. The molecule has 1 aliphatic heterocycles. The van der Waals surface area contributed by atoms with E-state index >= 15 is 0 Å². The Kier molecular flexibility index (Phi) is 10.8. The monoisotopic (exact) mass is 473 g/mol. The van der Waals surface area contributed by atoms with Gasteiger partial charge in [0.1, 0.15) is 0 Å². The summed E-state index contributed by atoms with van der Waals surface area (Å²) in [7, 11) is -4.98. The molecular formula is C12H33Cl3N7P3. The van der Waals surface area contributed by atoms with Gasteiger partial charge in [0.05, 0.1) is 0 Å². The topological polar surface area (TPSA) is 85.2 Å². The second kappa shape index (κ2) is 10.3. The molecule has 1 heterocycles. The van der Waals surface area contributed by atoms with Crippen molar-refractivity contribution in [2.45, 2.75) is 79.6 Å². The van der Waals surface area contributed by atoms with Gasteiger partial charge in [0.2, 0.25) is 15.0 Å². The zero-order valence-corrected chi connectivity index (χ0v) is 21.2. The molecule has 1 rings (SSSR count). The van der Waals surface area contributed by atoms with Crippen molar-refractivity contribution in [1.82, 2.24) is 20.3 Å². The highest BCUT2D eigenvalue weighted by Gasteiger charge is 2.36. The van der Waals surface area contributed by atoms with Crippen molar-refractivity contribution in [3.63, 3.8) is 0 Å². The minimum Gasteiger partial charge on any atom is -0.251 e. The van der Waals surface area contributed by atoms with Gasteiger partial charge in [-0.1, -0.05) is 0 Å². The summed E-state index contributed by atoms with van der Waals surface area (Å²) in [6.07, 6.45) is 0. The fourth-order valence-electron chi connectivity index (χ4n) is 2.27. The van der Waals surface area contributed by atoms with Crippen LogP contribution in [0, 0.1) is 0 Å². The lowest BCUT2D eigenvalue weighted by Crippen LogP contribution is -2.34. The normalized spacial score (nSPS) is 20.9. The van der Waals surface area contributed by atoms with Gasteiger partial charge in [-0.2, -0.15) is 13.5 Å². The van der Waals surface area contributed by atoms with Crippen molar-refractivity contribution >= 4 is 55.8 Å². The highest BCUT2D eigenvalue weighted by molar-refractivity contribution is 8.13. The van der Waals surface area contributed by atoms with E-state index in [9.17, 15) is 0 Å². The quantitative estimate of drug-likeness (QED) is 0.294. The van der Waals surface area contributed by atoms with Crippen molar-refractivity contribution in [2.75, 3.05) is 0 Å². The fraction of sp³-hybridized carbons (Fsp3) is 1.00. The Balaban J connectivity index is 0.00000576. The summed E-state index contributed by atoms with van der Waals surface area (Å²) in [5.41, 5.74) is 0. The van der Waals surface area contributed by atoms with Gasteiger partial charge in [-0.3, -0.25) is 20.3 Å². The Labute approximate surface area is 169 Å². The summed E-state index contributed by atoms with van der Waals surface area (Å²) >= 11 is 13.1. The van der Waals surface area contributed by atoms with Gasteiger partial charge in [-0.15, -0.1) is 12.4 Å². The largest absolute Gasteiger partial charge is 0.257 e. The van der Waals surface area contributed by atoms with E-state index in [0.29, 0.717) is 0 Å². The van der Waals surface area contributed by atoms with Crippen molar-refractivity contribution in [2.24, 2.45) is 13.5 Å². The van der Waals surface area contributed by atoms with E-state index in [1.807, 2.05) is 0 Å². The van der Waals surface area contributed by atoms with Crippen LogP contribution >= 0.6 is 55.8 Å². The van der Waals surface area contributed by atoms with E-state index in [1.165, 1.54) is 0 Å². The van der Waals surface area contributed by atoms with Crippen LogP contribution in [0.2, 0.25) is 0 Å². The summed E-state index contributed by atoms with van der Waals surface area (Å²) in [4.78, 5) is 0. The highest BCUT2D eigenvalue weighted by atomic mass is 35.9. The first-order valence-corrected chi connectivity index (χ1v) is 15.1. The van der Waals surface area contributed by atoms with Crippen molar-refractivity contribution in [3.8, 4) is 0 Å². The molecule has 0 saturated carbocycles. The molecule has 1 aliphatic rings. The maximum atomic E-state index is 6.55. The molecule has 0 fully saturated rings. The van der Waals surface area contributed by atoms with Crippen molar-refractivity contribution < 1.29 is 0 Å². The van der Waals surface area contributed by atoms with Gasteiger partial charge in [-0.25, -0.2) is 0 Å². The van der Waals surface area contributed by atoms with Crippen LogP contribution in [-0.4, -0.2) is 24.2 Å². The number of rotatable bonds is 8. The number of hydrogen-bond donors (Lipinski definition) is 4. The van der Waals surface area contributed by atoms with Gasteiger partial charge >= 0.3 is 0 Å². The molecule has 7 nitrogen and oxygen atoms in total. The summed E-state index contributed by atoms with van der Waals surface area (Å²) in [5.74, 6) is -2.86. The maximum absolute atomic E-state index is 6.55. The zero-order chi connectivity index (χ0) is 18.8. The lowest BCUT2D eigenvalue weighted by atomic mass is 10.4. The number of nitrogens with one attached hydrogen (secondary N) is 4. The molecule has 0 saturated heterocycles. The molecule has 0 unspecified atom stereocenters. The average molecular weight is 475 g/mol. The molecule has 0 spiro atoms. The third-order valence-corrected chi connectivity index (χ3v) is 14.3. The number of nitrogens with zero attached hydrogens (tertiary/aromatic N) is 3. The zero-order valence-electron chi connectivity index (χ0n) is 16.2. The fourth-order valence-corrected chi connectivity index (χ4v) is 15.9. The molecule has 152 valence electrons. The highest BCUT2D eigenvalue weighted by Crippen LogP contribution is 2.78. The third-order valence-electron chi connectivity index (χ3n) is 2.49. The molecule has 0 aromatic rings. The second-order valence-corrected chi connectivity index (χ2v) is 16.9. The lowest BCUT2D eigenvalue weighted by molar-refractivity contribution is 0.695. The molecule has 0 aliphatic carbocycles. The van der Waals surface area contributed by atoms with E-state index in [0.717, 1.165) is 0 Å². The maximum Gasteiger partial charge on any atom is 0.257 e. The SMILES string of the molecule is CC(C)NP1(NC(C)C)=NP(Cl)(Cl)=NP(NC(C)C)(NC(C)C)=N1.Cl. The molecular weight excluding hydrogens is 441 g/mol. The molecule has 25 heavy (non-hydrogen) atoms. The third kappa shape index (κ3) is 8.96. The van der Waals surface area contributed by atoms with Gasteiger partial charge in [0, 0.05) is 24.2 Å². The van der Waals surface area contributed by atoms with E-state index < -0.39 is 20.9 Å². The Morgan fingerprint density at radius 3 is 1.12 bits per heavy atom. The second-order valence-electron chi connectivity index (χ2n) is 7.06. The van der Waals surface area contributed by atoms with E-state index in [4.69, 9.17) is 27.0 Å². The Morgan fingerprint density at radius 2 is 0.840 bits per heavy atom. The molecule has 0 radical (unpaired) electrons. The molecule has 0 bridgehead atoms. The number of halogens is 3. The first kappa shape index (κ1) is 26.4. The Bertz CT molecular complexity index is 547. The van der Waals surface area contributed by atoms with Crippen LogP contribution in [0.15, 0.2) is 13.5 Å². The van der Waals surface area contributed by atoms with Gasteiger partial charge in [-0.05, 0) is 77.9 Å². The Morgan fingerprint density at radius 1 is 0.560 bits per heavy atom. The average Bonchev–Trinajstić information content (AvgIpc) is 2.18. The van der Waals surface area contributed by atoms with Crippen LogP contribution in [0.25, 0.3) is 0 Å². The molecule has 0 amide bonds. The first-order valence-electron chi connectivity index (χ1n) is 8.21. The van der Waals surface area contributed by atoms with Crippen LogP contribution in [0.1, 0.15) is 55.4 Å². The van der Waals surface area contributed by atoms with E-state index in [-0.39, 0.29) is 36.6 Å². The van der Waals surface area contributed by atoms with Crippen molar-refractivity contribution in [3.05, 3.63) is 0 Å². The van der Waals surface area contributed by atoms with Crippen LogP contribution in [0.3, 0.4) is 0 Å². The summed E-state index contributed by atoms with van der Waals surface area (Å²) in [6, 6.07) is 0.735. The predicted molar refractivity (Wildman–Crippen MR) is 120 cm³/mol. The van der Waals surface area contributed by atoms with Crippen LogP contribution in [-0.2, 0) is 0 Å². The van der Waals surface area contributed by atoms with E-state index in [1.54, 1.807) is 0 Å². The summed E-state index contributed by atoms with van der Waals surface area (Å²) in [5, 5.41) is 14.0. The van der Waals surface area contributed by atoms with Crippen molar-refractivity contribution in [1.29, 1.82) is 0 Å². The van der Waals surface area contributed by atoms with Gasteiger partial charge in [0.25, 0.3) is 5.91 Å². The smallest absolute Gasteiger partial charge is 0.251 e. The van der Waals surface area contributed by atoms with Gasteiger partial charge < -0.3 is 0 Å². The minimum absolute atomic E-state index is 0. The molecule has 13 heteroatoms. The first-order chi connectivity index (χ1) is 10.8. The lowest BCUT2D eigenvalue weighted by Gasteiger charge is -2.36. The standard InChI is InChI=1S/C12H32Cl2N7P3.ClH/c1-9(2)15-23(16-10(3)4)19-22(13,14)20-24(21-23,17-11(5)6)18-12(7)8;/h9-12,15-18H,1-8H3;1H. The van der Waals surface area contributed by atoms with Crippen LogP contribution in [0.5, 0.6) is 0 Å².